The van der Waals surface area contributed by atoms with Crippen LogP contribution in [0, 0.1) is 0 Å². The lowest BCUT2D eigenvalue weighted by molar-refractivity contribution is 0.540. The van der Waals surface area contributed by atoms with Crippen LogP contribution in [0.3, 0.4) is 0 Å². The molecule has 1 radical (unpaired) electrons. The normalized spacial score (nSPS) is 12.5. The van der Waals surface area contributed by atoms with Crippen LogP contribution in [-0.2, 0) is 11.2 Å². The average Bonchev–Trinajstić information content (AvgIpc) is 2.06. The van der Waals surface area contributed by atoms with E-state index in [0.717, 1.165) is 5.69 Å². The molecule has 1 atom stereocenters. The molecule has 1 aromatic heterocycles. The maximum atomic E-state index is 10.0. The highest BCUT2D eigenvalue weighted by Crippen LogP contribution is 1.95. The highest BCUT2D eigenvalue weighted by molar-refractivity contribution is 5.58. The fourth-order valence-electron chi connectivity index (χ4n) is 0.786. The van der Waals surface area contributed by atoms with Gasteiger partial charge in [0.2, 0.25) is 6.29 Å². The second-order valence-corrected chi connectivity index (χ2v) is 2.25. The third kappa shape index (κ3) is 2.47. The van der Waals surface area contributed by atoms with E-state index in [1.54, 1.807) is 12.5 Å². The molecule has 1 unspecified atom stereocenters. The second-order valence-electron chi connectivity index (χ2n) is 2.25. The first kappa shape index (κ1) is 7.88. The zero-order valence-corrected chi connectivity index (χ0v) is 6.03. The Morgan fingerprint density at radius 2 is 2.45 bits per heavy atom. The maximum absolute atomic E-state index is 10.0. The van der Waals surface area contributed by atoms with Gasteiger partial charge in [-0.25, -0.2) is 0 Å². The summed E-state index contributed by atoms with van der Waals surface area (Å²) in [6, 6.07) is 4.96. The number of hydrogen-bond donors (Lipinski definition) is 1. The van der Waals surface area contributed by atoms with Crippen LogP contribution >= 0.6 is 0 Å². The summed E-state index contributed by atoms with van der Waals surface area (Å²) >= 11 is 0. The van der Waals surface area contributed by atoms with Gasteiger partial charge in [0, 0.05) is 18.3 Å². The van der Waals surface area contributed by atoms with Crippen molar-refractivity contribution in [1.29, 1.82) is 0 Å². The third-order valence-electron chi connectivity index (χ3n) is 1.31. The Kier molecular flexibility index (Phi) is 2.74. The van der Waals surface area contributed by atoms with E-state index in [4.69, 9.17) is 5.73 Å². The van der Waals surface area contributed by atoms with Crippen LogP contribution in [0.2, 0.25) is 0 Å². The van der Waals surface area contributed by atoms with E-state index < -0.39 is 6.04 Å². The lowest BCUT2D eigenvalue weighted by atomic mass is 10.2. The van der Waals surface area contributed by atoms with Gasteiger partial charge in [0.1, 0.15) is 0 Å². The molecule has 0 fully saturated rings. The standard InChI is InChI=1S/C8H9N2O/c9-7(6-11)5-8-3-1-2-4-10-8/h1-4,7H,5,9H2. The summed E-state index contributed by atoms with van der Waals surface area (Å²) in [4.78, 5) is 14.0. The van der Waals surface area contributed by atoms with Gasteiger partial charge >= 0.3 is 0 Å². The summed E-state index contributed by atoms with van der Waals surface area (Å²) in [5.41, 5.74) is 6.16. The van der Waals surface area contributed by atoms with Gasteiger partial charge in [-0.2, -0.15) is 0 Å². The SMILES string of the molecule is NC([C]=O)Cc1ccccn1. The first-order chi connectivity index (χ1) is 5.33. The predicted octanol–water partition coefficient (Wildman–Crippen LogP) is 0.0611. The highest BCUT2D eigenvalue weighted by atomic mass is 16.1. The Morgan fingerprint density at radius 3 is 3.00 bits per heavy atom. The molecule has 0 spiro atoms. The molecular formula is C8H9N2O. The summed E-state index contributed by atoms with van der Waals surface area (Å²) in [7, 11) is 0. The van der Waals surface area contributed by atoms with Gasteiger partial charge in [-0.15, -0.1) is 0 Å². The van der Waals surface area contributed by atoms with E-state index in [1.807, 2.05) is 18.2 Å². The largest absolute Gasteiger partial charge is 0.321 e. The average molecular weight is 149 g/mol. The molecule has 0 aliphatic heterocycles. The van der Waals surface area contributed by atoms with Crippen LogP contribution in [0.15, 0.2) is 24.4 Å². The summed E-state index contributed by atoms with van der Waals surface area (Å²) < 4.78 is 0. The number of rotatable bonds is 3. The summed E-state index contributed by atoms with van der Waals surface area (Å²) in [6.07, 6.45) is 3.84. The van der Waals surface area contributed by atoms with E-state index in [1.165, 1.54) is 0 Å². The Hall–Kier alpha value is -1.22. The van der Waals surface area contributed by atoms with E-state index in [0.29, 0.717) is 6.42 Å². The summed E-state index contributed by atoms with van der Waals surface area (Å²) in [5.74, 6) is 0. The number of pyridine rings is 1. The topological polar surface area (TPSA) is 56.0 Å². The fraction of sp³-hybridized carbons (Fsp3) is 0.250. The molecule has 0 aliphatic carbocycles. The molecular weight excluding hydrogens is 140 g/mol. The molecule has 0 amide bonds. The first-order valence-corrected chi connectivity index (χ1v) is 3.36. The van der Waals surface area contributed by atoms with Crippen LogP contribution in [-0.4, -0.2) is 17.3 Å². The minimum absolute atomic E-state index is 0.463. The monoisotopic (exact) mass is 149 g/mol. The minimum Gasteiger partial charge on any atom is -0.321 e. The van der Waals surface area contributed by atoms with Gasteiger partial charge in [0.05, 0.1) is 6.04 Å². The Bertz CT molecular complexity index is 223. The van der Waals surface area contributed by atoms with Crippen LogP contribution < -0.4 is 5.73 Å². The molecule has 1 heterocycles. The smallest absolute Gasteiger partial charge is 0.217 e. The Labute approximate surface area is 65.2 Å². The molecule has 11 heavy (non-hydrogen) atoms. The number of hydrogen-bond acceptors (Lipinski definition) is 3. The Balaban J connectivity index is 2.57. The molecule has 0 bridgehead atoms. The third-order valence-corrected chi connectivity index (χ3v) is 1.31. The fourth-order valence-corrected chi connectivity index (χ4v) is 0.786. The molecule has 3 heteroatoms. The van der Waals surface area contributed by atoms with Crippen molar-refractivity contribution in [3.8, 4) is 0 Å². The van der Waals surface area contributed by atoms with Gasteiger partial charge in [-0.3, -0.25) is 9.78 Å². The van der Waals surface area contributed by atoms with Crippen molar-refractivity contribution in [2.75, 3.05) is 0 Å². The van der Waals surface area contributed by atoms with E-state index in [9.17, 15) is 4.79 Å². The van der Waals surface area contributed by atoms with Gasteiger partial charge in [-0.1, -0.05) is 6.07 Å². The molecule has 0 aliphatic rings. The van der Waals surface area contributed by atoms with Crippen molar-refractivity contribution < 1.29 is 4.79 Å². The zero-order valence-electron chi connectivity index (χ0n) is 6.03. The van der Waals surface area contributed by atoms with E-state index in [2.05, 4.69) is 4.98 Å². The lowest BCUT2D eigenvalue weighted by Crippen LogP contribution is -2.24. The van der Waals surface area contributed by atoms with Crippen molar-refractivity contribution in [1.82, 2.24) is 4.98 Å². The van der Waals surface area contributed by atoms with Gasteiger partial charge in [-0.05, 0) is 12.1 Å². The zero-order chi connectivity index (χ0) is 8.10. The van der Waals surface area contributed by atoms with Gasteiger partial charge in [0.15, 0.2) is 0 Å². The second kappa shape index (κ2) is 3.83. The van der Waals surface area contributed by atoms with Crippen molar-refractivity contribution >= 4 is 6.29 Å². The lowest BCUT2D eigenvalue weighted by Gasteiger charge is -2.00. The number of aromatic nitrogens is 1. The van der Waals surface area contributed by atoms with E-state index in [-0.39, 0.29) is 0 Å². The number of carbonyl (C=O) groups excluding carboxylic acids is 1. The quantitative estimate of drug-likeness (QED) is 0.661. The van der Waals surface area contributed by atoms with Crippen molar-refractivity contribution in [3.05, 3.63) is 30.1 Å². The molecule has 0 aromatic carbocycles. The van der Waals surface area contributed by atoms with Crippen LogP contribution in [0.1, 0.15) is 5.69 Å². The molecule has 1 aromatic rings. The summed E-state index contributed by atoms with van der Waals surface area (Å²) in [6.45, 7) is 0. The van der Waals surface area contributed by atoms with Crippen molar-refractivity contribution in [2.24, 2.45) is 5.73 Å². The minimum atomic E-state index is -0.551. The molecule has 2 N–H and O–H groups in total. The maximum Gasteiger partial charge on any atom is 0.217 e. The molecule has 0 saturated heterocycles. The van der Waals surface area contributed by atoms with Crippen molar-refractivity contribution in [3.63, 3.8) is 0 Å². The van der Waals surface area contributed by atoms with E-state index >= 15 is 0 Å². The van der Waals surface area contributed by atoms with Crippen LogP contribution in [0.5, 0.6) is 0 Å². The molecule has 0 saturated carbocycles. The van der Waals surface area contributed by atoms with Crippen molar-refractivity contribution in [2.45, 2.75) is 12.5 Å². The first-order valence-electron chi connectivity index (χ1n) is 3.36. The highest BCUT2D eigenvalue weighted by Gasteiger charge is 2.02. The molecule has 3 nitrogen and oxygen atoms in total. The van der Waals surface area contributed by atoms with Crippen LogP contribution in [0.4, 0.5) is 0 Å². The van der Waals surface area contributed by atoms with Gasteiger partial charge < -0.3 is 5.73 Å². The molecule has 57 valence electrons. The van der Waals surface area contributed by atoms with Gasteiger partial charge in [0.25, 0.3) is 0 Å². The molecule has 1 rings (SSSR count). The summed E-state index contributed by atoms with van der Waals surface area (Å²) in [5, 5.41) is 0. The predicted molar refractivity (Wildman–Crippen MR) is 41.6 cm³/mol. The Morgan fingerprint density at radius 1 is 1.64 bits per heavy atom. The van der Waals surface area contributed by atoms with Crippen LogP contribution in [0.25, 0.3) is 0 Å². The number of nitrogens with two attached hydrogens (primary N) is 1. The number of nitrogens with zero attached hydrogens (tertiary/aromatic N) is 1.